The Hall–Kier alpha value is -2.53. The second kappa shape index (κ2) is 7.61. The number of hydrogen-bond acceptors (Lipinski definition) is 4. The van der Waals surface area contributed by atoms with Gasteiger partial charge in [-0.2, -0.15) is 0 Å². The van der Waals surface area contributed by atoms with Crippen LogP contribution in [-0.4, -0.2) is 28.9 Å². The second-order valence-corrected chi connectivity index (χ2v) is 7.50. The summed E-state index contributed by atoms with van der Waals surface area (Å²) in [5.41, 5.74) is 5.24. The summed E-state index contributed by atoms with van der Waals surface area (Å²) in [4.78, 5) is 18.4. The fourth-order valence-corrected chi connectivity index (χ4v) is 4.09. The standard InChI is InChI=1S/C22H22N2O2S/c1-26-21(25)14-19-22(16-10-12-17(27-2)13-11-16)23-20-9-5-7-15-6-3-4-8-18(15)24(19)20/h3-4,6,8,10-13H,5,7,9,14H2,1-2H3. The summed E-state index contributed by atoms with van der Waals surface area (Å²) in [5.74, 6) is 0.768. The van der Waals surface area contributed by atoms with E-state index in [0.29, 0.717) is 0 Å². The van der Waals surface area contributed by atoms with Gasteiger partial charge in [-0.1, -0.05) is 30.3 Å². The number of ether oxygens (including phenoxy) is 1. The molecule has 0 saturated carbocycles. The summed E-state index contributed by atoms with van der Waals surface area (Å²) >= 11 is 1.71. The highest BCUT2D eigenvalue weighted by atomic mass is 32.2. The number of carbonyl (C=O) groups excluding carboxylic acids is 1. The number of aryl methyl sites for hydroxylation is 2. The van der Waals surface area contributed by atoms with Gasteiger partial charge in [0.15, 0.2) is 0 Å². The molecule has 2 heterocycles. The fourth-order valence-electron chi connectivity index (χ4n) is 3.69. The van der Waals surface area contributed by atoms with Crippen LogP contribution in [-0.2, 0) is 28.8 Å². The van der Waals surface area contributed by atoms with Crippen molar-refractivity contribution in [2.24, 2.45) is 0 Å². The topological polar surface area (TPSA) is 44.1 Å². The molecule has 0 amide bonds. The summed E-state index contributed by atoms with van der Waals surface area (Å²) in [7, 11) is 1.43. The molecule has 0 aliphatic carbocycles. The molecule has 0 atom stereocenters. The minimum atomic E-state index is -0.249. The van der Waals surface area contributed by atoms with Crippen LogP contribution >= 0.6 is 11.8 Å². The molecule has 4 nitrogen and oxygen atoms in total. The van der Waals surface area contributed by atoms with Crippen LogP contribution in [0.2, 0.25) is 0 Å². The van der Waals surface area contributed by atoms with Crippen LogP contribution in [0.1, 0.15) is 23.5 Å². The molecule has 1 aliphatic heterocycles. The van der Waals surface area contributed by atoms with Crippen molar-refractivity contribution in [3.8, 4) is 16.9 Å². The van der Waals surface area contributed by atoms with Gasteiger partial charge in [0.2, 0.25) is 0 Å². The highest BCUT2D eigenvalue weighted by molar-refractivity contribution is 7.98. The summed E-state index contributed by atoms with van der Waals surface area (Å²) in [5, 5.41) is 0. The lowest BCUT2D eigenvalue weighted by molar-refractivity contribution is -0.139. The lowest BCUT2D eigenvalue weighted by Crippen LogP contribution is -2.12. The fraction of sp³-hybridized carbons (Fsp3) is 0.273. The molecule has 0 spiro atoms. The molecule has 2 aromatic carbocycles. The van der Waals surface area contributed by atoms with E-state index < -0.39 is 0 Å². The van der Waals surface area contributed by atoms with E-state index >= 15 is 0 Å². The van der Waals surface area contributed by atoms with Gasteiger partial charge in [0, 0.05) is 16.9 Å². The van der Waals surface area contributed by atoms with Crippen molar-refractivity contribution < 1.29 is 9.53 Å². The van der Waals surface area contributed by atoms with Crippen LogP contribution in [0.3, 0.4) is 0 Å². The lowest BCUT2D eigenvalue weighted by Gasteiger charge is -2.13. The van der Waals surface area contributed by atoms with Gasteiger partial charge in [0.1, 0.15) is 5.82 Å². The first kappa shape index (κ1) is 17.9. The molecular weight excluding hydrogens is 356 g/mol. The Balaban J connectivity index is 1.92. The first-order valence-electron chi connectivity index (χ1n) is 9.11. The van der Waals surface area contributed by atoms with Gasteiger partial charge in [-0.25, -0.2) is 4.98 Å². The Bertz CT molecular complexity index is 976. The number of aromatic nitrogens is 2. The minimum Gasteiger partial charge on any atom is -0.469 e. The molecule has 0 N–H and O–H groups in total. The number of rotatable bonds is 4. The number of fused-ring (bicyclic) bond motifs is 3. The van der Waals surface area contributed by atoms with Gasteiger partial charge in [-0.3, -0.25) is 9.36 Å². The summed E-state index contributed by atoms with van der Waals surface area (Å²) in [6, 6.07) is 16.8. The van der Waals surface area contributed by atoms with Gasteiger partial charge in [0.25, 0.3) is 0 Å². The van der Waals surface area contributed by atoms with Gasteiger partial charge in [-0.05, 0) is 42.9 Å². The molecule has 0 radical (unpaired) electrons. The van der Waals surface area contributed by atoms with E-state index in [0.717, 1.165) is 47.7 Å². The number of para-hydroxylation sites is 1. The van der Waals surface area contributed by atoms with Crippen molar-refractivity contribution in [2.45, 2.75) is 30.6 Å². The van der Waals surface area contributed by atoms with Crippen LogP contribution in [0.25, 0.3) is 16.9 Å². The number of esters is 1. The lowest BCUT2D eigenvalue weighted by atomic mass is 10.1. The molecular formula is C22H22N2O2S. The van der Waals surface area contributed by atoms with E-state index in [1.165, 1.54) is 17.6 Å². The van der Waals surface area contributed by atoms with Gasteiger partial charge in [-0.15, -0.1) is 11.8 Å². The molecule has 0 fully saturated rings. The first-order valence-corrected chi connectivity index (χ1v) is 10.3. The van der Waals surface area contributed by atoms with Crippen LogP contribution in [0.15, 0.2) is 53.4 Å². The third-order valence-corrected chi connectivity index (χ3v) is 5.77. The Morgan fingerprint density at radius 2 is 1.93 bits per heavy atom. The monoisotopic (exact) mass is 378 g/mol. The number of thioether (sulfide) groups is 1. The quantitative estimate of drug-likeness (QED) is 0.496. The molecule has 138 valence electrons. The molecule has 4 rings (SSSR count). The normalized spacial score (nSPS) is 12.8. The molecule has 0 unspecified atom stereocenters. The summed E-state index contributed by atoms with van der Waals surface area (Å²) in [6.45, 7) is 0. The SMILES string of the molecule is COC(=O)Cc1c(-c2ccc(SC)cc2)nc2n1-c1ccccc1CCC2. The van der Waals surface area contributed by atoms with Crippen LogP contribution in [0.4, 0.5) is 0 Å². The summed E-state index contributed by atoms with van der Waals surface area (Å²) < 4.78 is 7.16. The zero-order valence-electron chi connectivity index (χ0n) is 15.6. The Morgan fingerprint density at radius 3 is 2.67 bits per heavy atom. The van der Waals surface area contributed by atoms with Gasteiger partial charge >= 0.3 is 5.97 Å². The van der Waals surface area contributed by atoms with E-state index in [2.05, 4.69) is 53.3 Å². The van der Waals surface area contributed by atoms with Crippen LogP contribution in [0, 0.1) is 0 Å². The van der Waals surface area contributed by atoms with Crippen LogP contribution in [0.5, 0.6) is 0 Å². The van der Waals surface area contributed by atoms with Crippen molar-refractivity contribution in [1.29, 1.82) is 0 Å². The maximum Gasteiger partial charge on any atom is 0.311 e. The highest BCUT2D eigenvalue weighted by Gasteiger charge is 2.24. The van der Waals surface area contributed by atoms with E-state index in [-0.39, 0.29) is 12.4 Å². The predicted molar refractivity (Wildman–Crippen MR) is 109 cm³/mol. The van der Waals surface area contributed by atoms with Crippen molar-refractivity contribution in [2.75, 3.05) is 13.4 Å². The maximum atomic E-state index is 12.2. The maximum absolute atomic E-state index is 12.2. The third-order valence-electron chi connectivity index (χ3n) is 5.02. The van der Waals surface area contributed by atoms with Crippen molar-refractivity contribution in [1.82, 2.24) is 9.55 Å². The highest BCUT2D eigenvalue weighted by Crippen LogP contribution is 2.33. The van der Waals surface area contributed by atoms with E-state index in [1.54, 1.807) is 11.8 Å². The third kappa shape index (κ3) is 3.39. The largest absolute Gasteiger partial charge is 0.469 e. The molecule has 27 heavy (non-hydrogen) atoms. The van der Waals surface area contributed by atoms with Crippen molar-refractivity contribution >= 4 is 17.7 Å². The number of nitrogens with zero attached hydrogens (tertiary/aromatic N) is 2. The zero-order valence-corrected chi connectivity index (χ0v) is 16.4. The number of carbonyl (C=O) groups is 1. The molecule has 1 aromatic heterocycles. The van der Waals surface area contributed by atoms with E-state index in [9.17, 15) is 4.79 Å². The Labute approximate surface area is 163 Å². The average molecular weight is 378 g/mol. The van der Waals surface area contributed by atoms with E-state index in [1.807, 2.05) is 6.07 Å². The number of imidazole rings is 1. The Kier molecular flexibility index (Phi) is 5.03. The average Bonchev–Trinajstić information content (AvgIpc) is 2.95. The number of methoxy groups -OCH3 is 1. The Morgan fingerprint density at radius 1 is 1.15 bits per heavy atom. The molecule has 0 saturated heterocycles. The van der Waals surface area contributed by atoms with Gasteiger partial charge in [0.05, 0.1) is 30.6 Å². The summed E-state index contributed by atoms with van der Waals surface area (Å²) in [6.07, 6.45) is 5.24. The van der Waals surface area contributed by atoms with Crippen molar-refractivity contribution in [3.05, 3.63) is 65.6 Å². The smallest absolute Gasteiger partial charge is 0.311 e. The molecule has 0 bridgehead atoms. The molecule has 1 aliphatic rings. The number of hydrogen-bond donors (Lipinski definition) is 0. The first-order chi connectivity index (χ1) is 13.2. The predicted octanol–water partition coefficient (Wildman–Crippen LogP) is 4.47. The minimum absolute atomic E-state index is 0.206. The molecule has 5 heteroatoms. The number of benzene rings is 2. The molecule has 3 aromatic rings. The van der Waals surface area contributed by atoms with Crippen LogP contribution < -0.4 is 0 Å². The van der Waals surface area contributed by atoms with E-state index in [4.69, 9.17) is 9.72 Å². The van der Waals surface area contributed by atoms with Crippen molar-refractivity contribution in [3.63, 3.8) is 0 Å². The zero-order chi connectivity index (χ0) is 18.8. The van der Waals surface area contributed by atoms with Gasteiger partial charge < -0.3 is 4.74 Å². The second-order valence-electron chi connectivity index (χ2n) is 6.62.